The lowest BCUT2D eigenvalue weighted by atomic mass is 10.2. The van der Waals surface area contributed by atoms with Crippen LogP contribution in [0, 0.1) is 0 Å². The first-order chi connectivity index (χ1) is 8.26. The van der Waals surface area contributed by atoms with Gasteiger partial charge in [-0.25, -0.2) is 0 Å². The molecule has 2 N–H and O–H groups in total. The Morgan fingerprint density at radius 1 is 1.41 bits per heavy atom. The van der Waals surface area contributed by atoms with Crippen LogP contribution in [0.1, 0.15) is 18.9 Å². The van der Waals surface area contributed by atoms with Crippen LogP contribution < -0.4 is 5.32 Å². The van der Waals surface area contributed by atoms with E-state index in [0.29, 0.717) is 5.75 Å². The summed E-state index contributed by atoms with van der Waals surface area (Å²) in [6.45, 7) is 1.95. The number of benzene rings is 1. The molecule has 1 amide bonds. The molecule has 0 bridgehead atoms. The van der Waals surface area contributed by atoms with Crippen LogP contribution in [0.5, 0.6) is 0 Å². The Bertz CT molecular complexity index is 325. The molecule has 17 heavy (non-hydrogen) atoms. The highest BCUT2D eigenvalue weighted by molar-refractivity contribution is 7.99. The molecule has 0 spiro atoms. The fraction of sp³-hybridized carbons (Fsp3) is 0.462. The van der Waals surface area contributed by atoms with E-state index in [-0.39, 0.29) is 18.6 Å². The van der Waals surface area contributed by atoms with Crippen LogP contribution in [-0.2, 0) is 10.5 Å². The Morgan fingerprint density at radius 3 is 2.71 bits per heavy atom. The van der Waals surface area contributed by atoms with Gasteiger partial charge in [-0.15, -0.1) is 11.8 Å². The first-order valence-corrected chi connectivity index (χ1v) is 6.93. The number of rotatable bonds is 7. The van der Waals surface area contributed by atoms with Gasteiger partial charge in [0.2, 0.25) is 5.91 Å². The molecular formula is C13H19NO2S. The molecule has 0 saturated heterocycles. The zero-order valence-electron chi connectivity index (χ0n) is 10.1. The first-order valence-electron chi connectivity index (χ1n) is 5.78. The molecule has 0 heterocycles. The molecule has 3 nitrogen and oxygen atoms in total. The summed E-state index contributed by atoms with van der Waals surface area (Å²) in [7, 11) is 0. The van der Waals surface area contributed by atoms with Gasteiger partial charge in [0.25, 0.3) is 0 Å². The normalized spacial score (nSPS) is 12.1. The van der Waals surface area contributed by atoms with E-state index in [4.69, 9.17) is 5.11 Å². The lowest BCUT2D eigenvalue weighted by molar-refractivity contribution is -0.119. The molecule has 0 aliphatic rings. The molecule has 0 radical (unpaired) electrons. The van der Waals surface area contributed by atoms with E-state index >= 15 is 0 Å². The van der Waals surface area contributed by atoms with Crippen molar-refractivity contribution in [2.75, 3.05) is 12.4 Å². The summed E-state index contributed by atoms with van der Waals surface area (Å²) in [6.07, 6.45) is 0.756. The van der Waals surface area contributed by atoms with Crippen LogP contribution in [0.3, 0.4) is 0 Å². The van der Waals surface area contributed by atoms with Crippen LogP contribution in [0.2, 0.25) is 0 Å². The first kappa shape index (κ1) is 14.1. The van der Waals surface area contributed by atoms with Gasteiger partial charge in [0.05, 0.1) is 18.4 Å². The van der Waals surface area contributed by atoms with Crippen molar-refractivity contribution >= 4 is 17.7 Å². The van der Waals surface area contributed by atoms with Crippen LogP contribution in [0.25, 0.3) is 0 Å². The minimum Gasteiger partial charge on any atom is -0.394 e. The maximum atomic E-state index is 11.5. The molecule has 0 unspecified atom stereocenters. The fourth-order valence-electron chi connectivity index (χ4n) is 1.38. The number of thioether (sulfide) groups is 1. The summed E-state index contributed by atoms with van der Waals surface area (Å²) in [6, 6.07) is 9.96. The van der Waals surface area contributed by atoms with Gasteiger partial charge in [0, 0.05) is 5.75 Å². The van der Waals surface area contributed by atoms with E-state index in [1.807, 2.05) is 37.3 Å². The molecule has 1 atom stereocenters. The highest BCUT2D eigenvalue weighted by atomic mass is 32.2. The zero-order valence-corrected chi connectivity index (χ0v) is 10.9. The summed E-state index contributed by atoms with van der Waals surface area (Å²) in [5, 5.41) is 11.7. The zero-order chi connectivity index (χ0) is 12.5. The Hall–Kier alpha value is -1.00. The van der Waals surface area contributed by atoms with Crippen molar-refractivity contribution in [1.29, 1.82) is 0 Å². The predicted molar refractivity (Wildman–Crippen MR) is 71.9 cm³/mol. The number of aliphatic hydroxyl groups excluding tert-OH is 1. The third-order valence-electron chi connectivity index (χ3n) is 2.42. The van der Waals surface area contributed by atoms with E-state index < -0.39 is 0 Å². The molecule has 0 saturated carbocycles. The number of aliphatic hydroxyl groups is 1. The van der Waals surface area contributed by atoms with Crippen LogP contribution >= 0.6 is 11.8 Å². The number of carbonyl (C=O) groups is 1. The number of nitrogens with one attached hydrogen (secondary N) is 1. The van der Waals surface area contributed by atoms with Crippen molar-refractivity contribution < 1.29 is 9.90 Å². The van der Waals surface area contributed by atoms with Crippen molar-refractivity contribution in [3.05, 3.63) is 35.9 Å². The smallest absolute Gasteiger partial charge is 0.230 e. The number of hydrogen-bond donors (Lipinski definition) is 2. The Kier molecular flexibility index (Phi) is 6.74. The van der Waals surface area contributed by atoms with Gasteiger partial charge in [-0.05, 0) is 12.0 Å². The van der Waals surface area contributed by atoms with Gasteiger partial charge in [0.15, 0.2) is 0 Å². The number of amides is 1. The Balaban J connectivity index is 2.20. The minimum atomic E-state index is -0.111. The molecule has 0 aliphatic heterocycles. The average molecular weight is 253 g/mol. The van der Waals surface area contributed by atoms with E-state index in [9.17, 15) is 4.79 Å². The van der Waals surface area contributed by atoms with Crippen molar-refractivity contribution in [3.63, 3.8) is 0 Å². The van der Waals surface area contributed by atoms with E-state index in [0.717, 1.165) is 12.2 Å². The van der Waals surface area contributed by atoms with Crippen molar-refractivity contribution in [1.82, 2.24) is 5.32 Å². The molecule has 4 heteroatoms. The van der Waals surface area contributed by atoms with Crippen LogP contribution in [0.15, 0.2) is 30.3 Å². The second-order valence-corrected chi connectivity index (χ2v) is 4.82. The van der Waals surface area contributed by atoms with Crippen LogP contribution in [0.4, 0.5) is 0 Å². The maximum absolute atomic E-state index is 11.5. The van der Waals surface area contributed by atoms with Gasteiger partial charge >= 0.3 is 0 Å². The Morgan fingerprint density at radius 2 is 2.12 bits per heavy atom. The third-order valence-corrected chi connectivity index (χ3v) is 3.43. The van der Waals surface area contributed by atoms with Crippen molar-refractivity contribution in [3.8, 4) is 0 Å². The van der Waals surface area contributed by atoms with Crippen molar-refractivity contribution in [2.24, 2.45) is 0 Å². The molecule has 0 fully saturated rings. The second kappa shape index (κ2) is 8.14. The number of carbonyl (C=O) groups excluding carboxylic acids is 1. The lowest BCUT2D eigenvalue weighted by Crippen LogP contribution is -2.37. The van der Waals surface area contributed by atoms with Crippen LogP contribution in [-0.4, -0.2) is 29.4 Å². The lowest BCUT2D eigenvalue weighted by Gasteiger charge is -2.13. The summed E-state index contributed by atoms with van der Waals surface area (Å²) in [5.74, 6) is 1.27. The quantitative estimate of drug-likeness (QED) is 0.779. The largest absolute Gasteiger partial charge is 0.394 e. The van der Waals surface area contributed by atoms with E-state index in [1.165, 1.54) is 5.56 Å². The third kappa shape index (κ3) is 5.75. The van der Waals surface area contributed by atoms with Crippen molar-refractivity contribution in [2.45, 2.75) is 25.1 Å². The van der Waals surface area contributed by atoms with Gasteiger partial charge in [-0.1, -0.05) is 37.3 Å². The Labute approximate surface area is 107 Å². The van der Waals surface area contributed by atoms with Gasteiger partial charge in [0.1, 0.15) is 0 Å². The summed E-state index contributed by atoms with van der Waals surface area (Å²) in [5.41, 5.74) is 1.22. The van der Waals surface area contributed by atoms with E-state index in [1.54, 1.807) is 11.8 Å². The summed E-state index contributed by atoms with van der Waals surface area (Å²) in [4.78, 5) is 11.5. The fourth-order valence-corrected chi connectivity index (χ4v) is 2.18. The molecule has 1 aromatic carbocycles. The van der Waals surface area contributed by atoms with Gasteiger partial charge < -0.3 is 10.4 Å². The molecule has 0 aromatic heterocycles. The topological polar surface area (TPSA) is 49.3 Å². The SMILES string of the molecule is CC[C@@H](CO)NC(=O)CSCc1ccccc1. The monoisotopic (exact) mass is 253 g/mol. The average Bonchev–Trinajstić information content (AvgIpc) is 2.37. The van der Waals surface area contributed by atoms with E-state index in [2.05, 4.69) is 5.32 Å². The molecule has 1 aromatic rings. The van der Waals surface area contributed by atoms with Gasteiger partial charge in [-0.2, -0.15) is 0 Å². The molecule has 1 rings (SSSR count). The summed E-state index contributed by atoms with van der Waals surface area (Å²) >= 11 is 1.58. The second-order valence-electron chi connectivity index (χ2n) is 3.83. The molecular weight excluding hydrogens is 234 g/mol. The molecule has 0 aliphatic carbocycles. The highest BCUT2D eigenvalue weighted by Crippen LogP contribution is 2.11. The molecule has 94 valence electrons. The summed E-state index contributed by atoms with van der Waals surface area (Å²) < 4.78 is 0. The highest BCUT2D eigenvalue weighted by Gasteiger charge is 2.08. The van der Waals surface area contributed by atoms with Gasteiger partial charge in [-0.3, -0.25) is 4.79 Å². The minimum absolute atomic E-state index is 0.00555. The maximum Gasteiger partial charge on any atom is 0.230 e. The standard InChI is InChI=1S/C13H19NO2S/c1-2-12(8-15)14-13(16)10-17-9-11-6-4-3-5-7-11/h3-7,12,15H,2,8-10H2,1H3,(H,14,16)/t12-/m0/s1. The predicted octanol–water partition coefficient (Wildman–Crippen LogP) is 1.81. The number of hydrogen-bond acceptors (Lipinski definition) is 3.